The molecular weight excluding hydrogens is 317 g/mol. The van der Waals surface area contributed by atoms with Crippen molar-refractivity contribution in [2.75, 3.05) is 7.11 Å². The molecule has 0 rings (SSSR count). The molecule has 1 atom stereocenters. The molecule has 0 saturated carbocycles. The van der Waals surface area contributed by atoms with E-state index in [1.54, 1.807) is 0 Å². The Balaban J connectivity index is 0. The summed E-state index contributed by atoms with van der Waals surface area (Å²) in [5, 5.41) is 0. The van der Waals surface area contributed by atoms with Gasteiger partial charge in [0.25, 0.3) is 0 Å². The summed E-state index contributed by atoms with van der Waals surface area (Å²) in [5.41, 5.74) is 0. The van der Waals surface area contributed by atoms with Crippen LogP contribution in [-0.2, 0) is 36.7 Å². The molecule has 0 aromatic heterocycles. The Hall–Kier alpha value is -0.120. The number of methoxy groups -OCH3 is 1. The molecule has 0 aromatic rings. The fraction of sp³-hybridized carbons (Fsp3) is 0.667. The van der Waals surface area contributed by atoms with E-state index in [4.69, 9.17) is 0 Å². The average molecular weight is 327 g/mol. The van der Waals surface area contributed by atoms with Crippen molar-refractivity contribution in [1.29, 1.82) is 0 Å². The van der Waals surface area contributed by atoms with Crippen LogP contribution in [-0.4, -0.2) is 18.9 Å². The van der Waals surface area contributed by atoms with Crippen molar-refractivity contribution in [2.24, 2.45) is 5.92 Å². The molecule has 4 heteroatoms. The first kappa shape index (κ1) is 12.5. The molecular formula is C6H10AuO3. The van der Waals surface area contributed by atoms with Crippen LogP contribution < -0.4 is 0 Å². The van der Waals surface area contributed by atoms with E-state index >= 15 is 0 Å². The van der Waals surface area contributed by atoms with Gasteiger partial charge in [0, 0.05) is 22.4 Å². The molecule has 0 aliphatic carbocycles. The minimum Gasteiger partial charge on any atom is -0.468 e. The van der Waals surface area contributed by atoms with E-state index in [-0.39, 0.29) is 28.2 Å². The largest absolute Gasteiger partial charge is 0.468 e. The zero-order chi connectivity index (χ0) is 7.44. The number of carbonyl (C=O) groups is 2. The molecule has 0 bridgehead atoms. The van der Waals surface area contributed by atoms with Crippen LogP contribution in [0.15, 0.2) is 0 Å². The summed E-state index contributed by atoms with van der Waals surface area (Å²) < 4.78 is 4.31. The normalized spacial score (nSPS) is 11.1. The molecule has 1 radical (unpaired) electrons. The maximum Gasteiger partial charge on any atom is 0.315 e. The van der Waals surface area contributed by atoms with Gasteiger partial charge in [0.15, 0.2) is 0 Å². The molecule has 0 N–H and O–H groups in total. The van der Waals surface area contributed by atoms with Crippen molar-refractivity contribution in [1.82, 2.24) is 0 Å². The second kappa shape index (κ2) is 5.65. The van der Waals surface area contributed by atoms with E-state index < -0.39 is 11.9 Å². The number of Topliss-reactive ketones (excluding diaryl/α,β-unsaturated/α-hetero) is 1. The minimum absolute atomic E-state index is 0. The quantitative estimate of drug-likeness (QED) is 0.418. The zero-order valence-corrected chi connectivity index (χ0v) is 8.27. The van der Waals surface area contributed by atoms with Gasteiger partial charge in [-0.25, -0.2) is 0 Å². The third-order valence-corrected chi connectivity index (χ3v) is 1.16. The fourth-order valence-corrected chi connectivity index (χ4v) is 0.343. The smallest absolute Gasteiger partial charge is 0.315 e. The van der Waals surface area contributed by atoms with Crippen molar-refractivity contribution in [3.8, 4) is 0 Å². The third kappa shape index (κ3) is 3.82. The van der Waals surface area contributed by atoms with E-state index in [1.807, 2.05) is 0 Å². The van der Waals surface area contributed by atoms with Crippen LogP contribution in [0.25, 0.3) is 0 Å². The van der Waals surface area contributed by atoms with Crippen LogP contribution in [0.5, 0.6) is 0 Å². The number of carbonyl (C=O) groups excluding carboxylic acids is 2. The van der Waals surface area contributed by atoms with Gasteiger partial charge in [-0.1, -0.05) is 0 Å². The molecule has 0 heterocycles. The number of ketones is 1. The summed E-state index contributed by atoms with van der Waals surface area (Å²) in [6.07, 6.45) is 0. The van der Waals surface area contributed by atoms with Crippen LogP contribution in [0, 0.1) is 5.92 Å². The molecule has 0 saturated heterocycles. The SMILES string of the molecule is COC(=O)C(C)C(C)=O.[Au]. The third-order valence-electron chi connectivity index (χ3n) is 1.16. The summed E-state index contributed by atoms with van der Waals surface area (Å²) in [7, 11) is 1.27. The predicted octanol–water partition coefficient (Wildman–Crippen LogP) is 0.382. The Morgan fingerprint density at radius 2 is 1.80 bits per heavy atom. The zero-order valence-electron chi connectivity index (χ0n) is 6.10. The summed E-state index contributed by atoms with van der Waals surface area (Å²) >= 11 is 0. The molecule has 0 aromatic carbocycles. The first-order valence-electron chi connectivity index (χ1n) is 2.68. The van der Waals surface area contributed by atoms with Gasteiger partial charge < -0.3 is 4.74 Å². The summed E-state index contributed by atoms with van der Waals surface area (Å²) in [6, 6.07) is 0. The van der Waals surface area contributed by atoms with E-state index in [2.05, 4.69) is 4.74 Å². The van der Waals surface area contributed by atoms with E-state index in [9.17, 15) is 9.59 Å². The van der Waals surface area contributed by atoms with Crippen LogP contribution in [0.1, 0.15) is 13.8 Å². The monoisotopic (exact) mass is 327 g/mol. The molecule has 0 amide bonds. The van der Waals surface area contributed by atoms with Gasteiger partial charge in [-0.2, -0.15) is 0 Å². The number of rotatable bonds is 2. The Kier molecular flexibility index (Phi) is 7.09. The van der Waals surface area contributed by atoms with Gasteiger partial charge in [0.1, 0.15) is 11.7 Å². The fourth-order valence-electron chi connectivity index (χ4n) is 0.343. The molecule has 3 nitrogen and oxygen atoms in total. The van der Waals surface area contributed by atoms with E-state index in [1.165, 1.54) is 21.0 Å². The molecule has 0 spiro atoms. The number of hydrogen-bond donors (Lipinski definition) is 0. The number of ether oxygens (including phenoxy) is 1. The van der Waals surface area contributed by atoms with Crippen molar-refractivity contribution >= 4 is 11.8 Å². The van der Waals surface area contributed by atoms with E-state index in [0.717, 1.165) is 0 Å². The van der Waals surface area contributed by atoms with Crippen LogP contribution in [0.3, 0.4) is 0 Å². The van der Waals surface area contributed by atoms with Gasteiger partial charge in [-0.15, -0.1) is 0 Å². The van der Waals surface area contributed by atoms with E-state index in [0.29, 0.717) is 0 Å². The first-order valence-corrected chi connectivity index (χ1v) is 2.68. The average Bonchev–Trinajstić information content (AvgIpc) is 1.84. The Labute approximate surface area is 75.6 Å². The standard InChI is InChI=1S/C6H10O3.Au/c1-4(5(2)7)6(8)9-3;/h4H,1-3H3;. The van der Waals surface area contributed by atoms with Gasteiger partial charge >= 0.3 is 5.97 Å². The second-order valence-corrected chi connectivity index (χ2v) is 1.86. The maximum absolute atomic E-state index is 10.5. The molecule has 10 heavy (non-hydrogen) atoms. The Morgan fingerprint density at radius 3 is 1.90 bits per heavy atom. The van der Waals surface area contributed by atoms with Crippen LogP contribution >= 0.6 is 0 Å². The number of hydrogen-bond acceptors (Lipinski definition) is 3. The van der Waals surface area contributed by atoms with Crippen LogP contribution in [0.2, 0.25) is 0 Å². The summed E-state index contributed by atoms with van der Waals surface area (Å²) in [4.78, 5) is 21.0. The van der Waals surface area contributed by atoms with Crippen molar-refractivity contribution < 1.29 is 36.7 Å². The van der Waals surface area contributed by atoms with Crippen molar-refractivity contribution in [3.05, 3.63) is 0 Å². The van der Waals surface area contributed by atoms with Crippen molar-refractivity contribution in [3.63, 3.8) is 0 Å². The Bertz CT molecular complexity index is 133. The Morgan fingerprint density at radius 1 is 1.40 bits per heavy atom. The molecule has 1 unspecified atom stereocenters. The van der Waals surface area contributed by atoms with Gasteiger partial charge in [0.2, 0.25) is 0 Å². The predicted molar refractivity (Wildman–Crippen MR) is 31.9 cm³/mol. The van der Waals surface area contributed by atoms with Gasteiger partial charge in [0.05, 0.1) is 7.11 Å². The maximum atomic E-state index is 10.5. The topological polar surface area (TPSA) is 43.4 Å². The summed E-state index contributed by atoms with van der Waals surface area (Å²) in [5.74, 6) is -1.25. The number of esters is 1. The first-order chi connectivity index (χ1) is 4.09. The van der Waals surface area contributed by atoms with Crippen LogP contribution in [0.4, 0.5) is 0 Å². The second-order valence-electron chi connectivity index (χ2n) is 1.86. The molecule has 63 valence electrons. The minimum atomic E-state index is -0.616. The molecule has 0 aliphatic rings. The molecule has 0 aliphatic heterocycles. The van der Waals surface area contributed by atoms with Gasteiger partial charge in [-0.3, -0.25) is 9.59 Å². The van der Waals surface area contributed by atoms with Gasteiger partial charge in [-0.05, 0) is 13.8 Å². The molecule has 0 fully saturated rings. The van der Waals surface area contributed by atoms with Crippen molar-refractivity contribution in [2.45, 2.75) is 13.8 Å². The summed E-state index contributed by atoms with van der Waals surface area (Å²) in [6.45, 7) is 2.88.